The van der Waals surface area contributed by atoms with Crippen molar-refractivity contribution < 1.29 is 14.3 Å². The van der Waals surface area contributed by atoms with E-state index in [1.165, 1.54) is 0 Å². The van der Waals surface area contributed by atoms with Crippen molar-refractivity contribution in [1.82, 2.24) is 10.6 Å². The molecule has 20 heavy (non-hydrogen) atoms. The predicted octanol–water partition coefficient (Wildman–Crippen LogP) is 1.35. The largest absolute Gasteiger partial charge is 0.492 e. The Morgan fingerprint density at radius 2 is 2.20 bits per heavy atom. The lowest BCUT2D eigenvalue weighted by Gasteiger charge is -2.22. The molecular formula is C13H18BrClN2O3. The molecule has 2 N–H and O–H groups in total. The molecule has 0 aromatic heterocycles. The summed E-state index contributed by atoms with van der Waals surface area (Å²) in [6, 6.07) is 7.57. The molecule has 1 unspecified atom stereocenters. The molecule has 1 aromatic rings. The van der Waals surface area contributed by atoms with Crippen molar-refractivity contribution in [3.05, 3.63) is 28.7 Å². The van der Waals surface area contributed by atoms with Gasteiger partial charge in [0.15, 0.2) is 0 Å². The number of hydrogen-bond donors (Lipinski definition) is 2. The van der Waals surface area contributed by atoms with Gasteiger partial charge in [-0.3, -0.25) is 4.79 Å². The molecule has 0 saturated carbocycles. The zero-order valence-corrected chi connectivity index (χ0v) is 13.3. The zero-order chi connectivity index (χ0) is 13.5. The predicted molar refractivity (Wildman–Crippen MR) is 82.5 cm³/mol. The average Bonchev–Trinajstić information content (AvgIpc) is 2.46. The third-order valence-electron chi connectivity index (χ3n) is 2.70. The maximum atomic E-state index is 11.7. The molecule has 0 spiro atoms. The van der Waals surface area contributed by atoms with Crippen LogP contribution in [0.15, 0.2) is 28.7 Å². The second-order valence-corrected chi connectivity index (χ2v) is 5.07. The van der Waals surface area contributed by atoms with Gasteiger partial charge in [-0.2, -0.15) is 0 Å². The number of morpholine rings is 1. The highest BCUT2D eigenvalue weighted by Gasteiger charge is 2.20. The Bertz CT molecular complexity index is 411. The summed E-state index contributed by atoms with van der Waals surface area (Å²) in [4.78, 5) is 11.7. The molecule has 1 heterocycles. The van der Waals surface area contributed by atoms with E-state index in [2.05, 4.69) is 26.6 Å². The number of amides is 1. The van der Waals surface area contributed by atoms with Crippen LogP contribution in [0.25, 0.3) is 0 Å². The molecule has 1 fully saturated rings. The minimum atomic E-state index is -0.388. The Morgan fingerprint density at radius 1 is 1.45 bits per heavy atom. The van der Waals surface area contributed by atoms with Crippen LogP contribution in [0.2, 0.25) is 0 Å². The van der Waals surface area contributed by atoms with Crippen LogP contribution in [0.5, 0.6) is 5.75 Å². The zero-order valence-electron chi connectivity index (χ0n) is 10.9. The van der Waals surface area contributed by atoms with Gasteiger partial charge in [-0.25, -0.2) is 0 Å². The number of ether oxygens (including phenoxy) is 2. The topological polar surface area (TPSA) is 59.6 Å². The van der Waals surface area contributed by atoms with Crippen molar-refractivity contribution in [3.8, 4) is 5.75 Å². The number of rotatable bonds is 5. The van der Waals surface area contributed by atoms with Gasteiger partial charge < -0.3 is 20.1 Å². The van der Waals surface area contributed by atoms with Gasteiger partial charge in [0.1, 0.15) is 18.5 Å². The average molecular weight is 366 g/mol. The van der Waals surface area contributed by atoms with Crippen LogP contribution in [0.3, 0.4) is 0 Å². The summed E-state index contributed by atoms with van der Waals surface area (Å²) in [5.74, 6) is 0.694. The Morgan fingerprint density at radius 3 is 2.85 bits per heavy atom. The van der Waals surface area contributed by atoms with E-state index in [4.69, 9.17) is 9.47 Å². The highest BCUT2D eigenvalue weighted by atomic mass is 79.9. The lowest BCUT2D eigenvalue weighted by Crippen LogP contribution is -2.48. The molecule has 1 saturated heterocycles. The lowest BCUT2D eigenvalue weighted by molar-refractivity contribution is -0.134. The number of halogens is 2. The lowest BCUT2D eigenvalue weighted by atomic mass is 10.3. The van der Waals surface area contributed by atoms with E-state index in [1.54, 1.807) is 0 Å². The second-order valence-electron chi connectivity index (χ2n) is 4.16. The maximum Gasteiger partial charge on any atom is 0.250 e. The second kappa shape index (κ2) is 9.18. The molecular weight excluding hydrogens is 348 g/mol. The summed E-state index contributed by atoms with van der Waals surface area (Å²) in [6.07, 6.45) is -0.388. The number of benzene rings is 1. The molecule has 1 aliphatic heterocycles. The normalized spacial score (nSPS) is 17.9. The molecule has 1 amide bonds. The van der Waals surface area contributed by atoms with E-state index in [1.807, 2.05) is 24.3 Å². The summed E-state index contributed by atoms with van der Waals surface area (Å²) in [7, 11) is 0. The summed E-state index contributed by atoms with van der Waals surface area (Å²) in [5.41, 5.74) is 0. The molecule has 5 nitrogen and oxygen atoms in total. The minimum Gasteiger partial charge on any atom is -0.492 e. The van der Waals surface area contributed by atoms with Gasteiger partial charge in [0.25, 0.3) is 5.91 Å². The van der Waals surface area contributed by atoms with E-state index in [0.29, 0.717) is 26.3 Å². The Labute approximate surface area is 132 Å². The van der Waals surface area contributed by atoms with Crippen LogP contribution in [0, 0.1) is 0 Å². The summed E-state index contributed by atoms with van der Waals surface area (Å²) in [6.45, 7) is 2.85. The van der Waals surface area contributed by atoms with Crippen LogP contribution in [-0.2, 0) is 9.53 Å². The van der Waals surface area contributed by atoms with Gasteiger partial charge >= 0.3 is 0 Å². The first-order valence-corrected chi connectivity index (χ1v) is 7.03. The molecule has 112 valence electrons. The van der Waals surface area contributed by atoms with Crippen LogP contribution >= 0.6 is 28.3 Å². The number of carbonyl (C=O) groups excluding carboxylic acids is 1. The Kier molecular flexibility index (Phi) is 7.91. The first-order chi connectivity index (χ1) is 9.25. The van der Waals surface area contributed by atoms with E-state index in [0.717, 1.165) is 16.8 Å². The van der Waals surface area contributed by atoms with E-state index < -0.39 is 0 Å². The number of nitrogens with one attached hydrogen (secondary N) is 2. The minimum absolute atomic E-state index is 0. The SMILES string of the molecule is Cl.O=C(NCCOc1ccc(Br)cc1)C1CNCCO1. The van der Waals surface area contributed by atoms with Crippen LogP contribution in [0.4, 0.5) is 0 Å². The fourth-order valence-corrected chi connectivity index (χ4v) is 1.99. The standard InChI is InChI=1S/C13H17BrN2O3.ClH/c14-10-1-3-11(4-2-10)18-8-6-16-13(17)12-9-15-5-7-19-12;/h1-4,12,15H,5-9H2,(H,16,17);1H. The maximum absolute atomic E-state index is 11.7. The van der Waals surface area contributed by atoms with Crippen LogP contribution < -0.4 is 15.4 Å². The van der Waals surface area contributed by atoms with Gasteiger partial charge in [0, 0.05) is 17.6 Å². The van der Waals surface area contributed by atoms with Crippen molar-refractivity contribution >= 4 is 34.2 Å². The monoisotopic (exact) mass is 364 g/mol. The molecule has 1 atom stereocenters. The third-order valence-corrected chi connectivity index (χ3v) is 3.23. The first-order valence-electron chi connectivity index (χ1n) is 6.24. The van der Waals surface area contributed by atoms with Gasteiger partial charge in [-0.15, -0.1) is 12.4 Å². The summed E-state index contributed by atoms with van der Waals surface area (Å²) < 4.78 is 11.9. The van der Waals surface area contributed by atoms with Crippen molar-refractivity contribution in [2.45, 2.75) is 6.10 Å². The van der Waals surface area contributed by atoms with Gasteiger partial charge in [0.2, 0.25) is 0 Å². The van der Waals surface area contributed by atoms with Crippen molar-refractivity contribution in [2.24, 2.45) is 0 Å². The van der Waals surface area contributed by atoms with E-state index in [9.17, 15) is 4.79 Å². The quantitative estimate of drug-likeness (QED) is 0.774. The molecule has 1 aromatic carbocycles. The van der Waals surface area contributed by atoms with Gasteiger partial charge in [-0.05, 0) is 24.3 Å². The molecule has 0 radical (unpaired) electrons. The van der Waals surface area contributed by atoms with Crippen LogP contribution in [0.1, 0.15) is 0 Å². The molecule has 2 rings (SSSR count). The highest BCUT2D eigenvalue weighted by Crippen LogP contribution is 2.15. The van der Waals surface area contributed by atoms with Crippen molar-refractivity contribution in [1.29, 1.82) is 0 Å². The molecule has 7 heteroatoms. The van der Waals surface area contributed by atoms with Crippen LogP contribution in [-0.4, -0.2) is 44.9 Å². The summed E-state index contributed by atoms with van der Waals surface area (Å²) in [5, 5.41) is 5.91. The smallest absolute Gasteiger partial charge is 0.250 e. The van der Waals surface area contributed by atoms with E-state index in [-0.39, 0.29) is 24.4 Å². The van der Waals surface area contributed by atoms with E-state index >= 15 is 0 Å². The molecule has 0 aliphatic carbocycles. The molecule has 0 bridgehead atoms. The Hall–Kier alpha value is -0.820. The number of carbonyl (C=O) groups is 1. The van der Waals surface area contributed by atoms with Gasteiger partial charge in [0.05, 0.1) is 13.2 Å². The fraction of sp³-hybridized carbons (Fsp3) is 0.462. The molecule has 1 aliphatic rings. The van der Waals surface area contributed by atoms with Gasteiger partial charge in [-0.1, -0.05) is 15.9 Å². The Balaban J connectivity index is 0.00000200. The fourth-order valence-electron chi connectivity index (χ4n) is 1.72. The highest BCUT2D eigenvalue weighted by molar-refractivity contribution is 9.10. The first kappa shape index (κ1) is 17.2. The van der Waals surface area contributed by atoms with Crippen molar-refractivity contribution in [2.75, 3.05) is 32.8 Å². The summed E-state index contributed by atoms with van der Waals surface area (Å²) >= 11 is 3.36. The number of hydrogen-bond acceptors (Lipinski definition) is 4. The van der Waals surface area contributed by atoms with Crippen molar-refractivity contribution in [3.63, 3.8) is 0 Å². The third kappa shape index (κ3) is 5.66.